The largest absolute Gasteiger partial charge is 0.293 e. The summed E-state index contributed by atoms with van der Waals surface area (Å²) in [7, 11) is 0. The molecule has 0 bridgehead atoms. The van der Waals surface area contributed by atoms with Crippen LogP contribution in [0.1, 0.15) is 42.2 Å². The molecular weight excluding hydrogens is 177 g/mol. The standard InChI is InChI=1S/C12H20FN/c1-10(2)6-12-4-3-5-14(12)9-11(7-12)8-13/h8,10H,3-7,9H2,1-2H3/b11-8-/t12-/m1/s1/i6D2. The van der Waals surface area contributed by atoms with Gasteiger partial charge in [0, 0.05) is 14.8 Å². The van der Waals surface area contributed by atoms with Gasteiger partial charge in [-0.1, -0.05) is 13.8 Å². The molecule has 14 heavy (non-hydrogen) atoms. The van der Waals surface area contributed by atoms with E-state index in [9.17, 15) is 4.39 Å². The zero-order valence-corrected chi connectivity index (χ0v) is 9.02. The van der Waals surface area contributed by atoms with Crippen LogP contribution in [0.2, 0.25) is 0 Å². The first-order valence-corrected chi connectivity index (χ1v) is 5.47. The average Bonchev–Trinajstić information content (AvgIpc) is 2.73. The van der Waals surface area contributed by atoms with Gasteiger partial charge in [-0.15, -0.1) is 0 Å². The van der Waals surface area contributed by atoms with E-state index in [-0.39, 0.29) is 5.92 Å². The van der Waals surface area contributed by atoms with E-state index in [0.29, 0.717) is 19.3 Å². The summed E-state index contributed by atoms with van der Waals surface area (Å²) in [5, 5.41) is 0. The second-order valence-corrected chi connectivity index (χ2v) is 4.80. The summed E-state index contributed by atoms with van der Waals surface area (Å²) in [6.07, 6.45) is 1.89. The maximum Gasteiger partial charge on any atom is 0.0872 e. The van der Waals surface area contributed by atoms with Gasteiger partial charge in [0.05, 0.1) is 6.33 Å². The summed E-state index contributed by atoms with van der Waals surface area (Å²) < 4.78 is 29.3. The van der Waals surface area contributed by atoms with Crippen LogP contribution in [0.15, 0.2) is 11.9 Å². The second-order valence-electron chi connectivity index (χ2n) is 4.80. The molecular formula is C12H20FN. The fourth-order valence-corrected chi connectivity index (χ4v) is 2.87. The van der Waals surface area contributed by atoms with Gasteiger partial charge in [0.1, 0.15) is 0 Å². The molecule has 2 rings (SSSR count). The topological polar surface area (TPSA) is 3.24 Å². The third-order valence-corrected chi connectivity index (χ3v) is 3.25. The minimum Gasteiger partial charge on any atom is -0.293 e. The molecule has 2 aliphatic heterocycles. The lowest BCUT2D eigenvalue weighted by Gasteiger charge is -2.33. The molecule has 2 heterocycles. The normalized spacial score (nSPS) is 39.0. The lowest BCUT2D eigenvalue weighted by molar-refractivity contribution is 0.163. The van der Waals surface area contributed by atoms with Gasteiger partial charge in [-0.2, -0.15) is 0 Å². The van der Waals surface area contributed by atoms with E-state index in [2.05, 4.69) is 4.90 Å². The number of hydrogen-bond donors (Lipinski definition) is 0. The number of fused-ring (bicyclic) bond motifs is 1. The molecule has 0 saturated carbocycles. The minimum atomic E-state index is -1.24. The highest BCUT2D eigenvalue weighted by Crippen LogP contribution is 2.45. The van der Waals surface area contributed by atoms with Crippen molar-refractivity contribution >= 4 is 0 Å². The average molecular weight is 199 g/mol. The van der Waals surface area contributed by atoms with Gasteiger partial charge in [0.25, 0.3) is 0 Å². The Labute approximate surface area is 88.8 Å². The first-order chi connectivity index (χ1) is 7.44. The Kier molecular flexibility index (Phi) is 2.05. The molecule has 2 saturated heterocycles. The molecule has 1 nitrogen and oxygen atoms in total. The molecule has 2 fully saturated rings. The van der Waals surface area contributed by atoms with Crippen molar-refractivity contribution in [2.75, 3.05) is 13.1 Å². The van der Waals surface area contributed by atoms with Crippen molar-refractivity contribution in [3.8, 4) is 0 Å². The summed E-state index contributed by atoms with van der Waals surface area (Å²) in [6, 6.07) is 0. The van der Waals surface area contributed by atoms with Crippen molar-refractivity contribution in [3.05, 3.63) is 11.9 Å². The lowest BCUT2D eigenvalue weighted by Crippen LogP contribution is -2.39. The molecule has 2 heteroatoms. The van der Waals surface area contributed by atoms with E-state index in [0.717, 1.165) is 25.0 Å². The summed E-state index contributed by atoms with van der Waals surface area (Å²) >= 11 is 0. The number of hydrogen-bond acceptors (Lipinski definition) is 1. The summed E-state index contributed by atoms with van der Waals surface area (Å²) in [6.45, 7) is 5.36. The Morgan fingerprint density at radius 1 is 1.71 bits per heavy atom. The van der Waals surface area contributed by atoms with Crippen molar-refractivity contribution in [1.29, 1.82) is 0 Å². The van der Waals surface area contributed by atoms with Crippen LogP contribution in [-0.4, -0.2) is 23.5 Å². The van der Waals surface area contributed by atoms with E-state index in [4.69, 9.17) is 2.74 Å². The van der Waals surface area contributed by atoms with Crippen LogP contribution in [0.5, 0.6) is 0 Å². The molecule has 0 aromatic heterocycles. The van der Waals surface area contributed by atoms with Crippen LogP contribution >= 0.6 is 0 Å². The highest BCUT2D eigenvalue weighted by atomic mass is 19.1. The molecule has 2 aliphatic rings. The minimum absolute atomic E-state index is 0.0351. The Balaban J connectivity index is 2.35. The predicted octanol–water partition coefficient (Wildman–Crippen LogP) is 3.12. The predicted molar refractivity (Wildman–Crippen MR) is 56.8 cm³/mol. The quantitative estimate of drug-likeness (QED) is 0.660. The molecule has 0 radical (unpaired) electrons. The Morgan fingerprint density at radius 3 is 3.14 bits per heavy atom. The third kappa shape index (κ3) is 1.60. The van der Waals surface area contributed by atoms with E-state index in [1.165, 1.54) is 0 Å². The number of rotatable bonds is 2. The maximum atomic E-state index is 12.7. The van der Waals surface area contributed by atoms with Gasteiger partial charge in [0.2, 0.25) is 0 Å². The molecule has 0 aliphatic carbocycles. The second kappa shape index (κ2) is 3.65. The highest BCUT2D eigenvalue weighted by Gasteiger charge is 2.46. The summed E-state index contributed by atoms with van der Waals surface area (Å²) in [4.78, 5) is 2.15. The molecule has 80 valence electrons. The molecule has 0 unspecified atom stereocenters. The maximum absolute atomic E-state index is 12.7. The fourth-order valence-electron chi connectivity index (χ4n) is 2.87. The van der Waals surface area contributed by atoms with Crippen LogP contribution in [0.25, 0.3) is 0 Å². The molecule has 0 amide bonds. The van der Waals surface area contributed by atoms with Crippen LogP contribution in [0, 0.1) is 5.92 Å². The van der Waals surface area contributed by atoms with Gasteiger partial charge < -0.3 is 0 Å². The molecule has 0 aromatic rings. The van der Waals surface area contributed by atoms with Crippen molar-refractivity contribution in [1.82, 2.24) is 4.90 Å². The van der Waals surface area contributed by atoms with E-state index >= 15 is 0 Å². The van der Waals surface area contributed by atoms with Crippen molar-refractivity contribution < 1.29 is 7.13 Å². The van der Waals surface area contributed by atoms with E-state index in [1.54, 1.807) is 0 Å². The zero-order chi connectivity index (χ0) is 12.0. The van der Waals surface area contributed by atoms with Gasteiger partial charge >= 0.3 is 0 Å². The highest BCUT2D eigenvalue weighted by molar-refractivity contribution is 5.18. The van der Waals surface area contributed by atoms with E-state index < -0.39 is 11.9 Å². The van der Waals surface area contributed by atoms with Gasteiger partial charge in [0.15, 0.2) is 0 Å². The first-order valence-electron chi connectivity index (χ1n) is 6.47. The number of nitrogens with zero attached hydrogens (tertiary/aromatic N) is 1. The molecule has 1 atom stereocenters. The summed E-state index contributed by atoms with van der Waals surface area (Å²) in [5.74, 6) is -0.0351. The van der Waals surface area contributed by atoms with Crippen LogP contribution in [0.3, 0.4) is 0 Å². The molecule has 0 N–H and O–H groups in total. The smallest absolute Gasteiger partial charge is 0.0872 e. The van der Waals surface area contributed by atoms with Crippen molar-refractivity contribution in [2.45, 2.75) is 45.0 Å². The van der Waals surface area contributed by atoms with Crippen molar-refractivity contribution in [2.24, 2.45) is 5.92 Å². The van der Waals surface area contributed by atoms with Crippen LogP contribution in [0.4, 0.5) is 4.39 Å². The molecule has 0 aromatic carbocycles. The summed E-state index contributed by atoms with van der Waals surface area (Å²) in [5.41, 5.74) is 0.309. The monoisotopic (exact) mass is 199 g/mol. The Morgan fingerprint density at radius 2 is 2.50 bits per heavy atom. The number of halogens is 1. The zero-order valence-electron chi connectivity index (χ0n) is 11.0. The Hall–Kier alpha value is -0.370. The fraction of sp³-hybridized carbons (Fsp3) is 0.833. The van der Waals surface area contributed by atoms with Crippen LogP contribution in [-0.2, 0) is 0 Å². The van der Waals surface area contributed by atoms with Crippen LogP contribution < -0.4 is 0 Å². The first kappa shape index (κ1) is 7.86. The van der Waals surface area contributed by atoms with E-state index in [1.807, 2.05) is 13.8 Å². The third-order valence-electron chi connectivity index (χ3n) is 3.25. The SMILES string of the molecule is [2H]C([2H])(C(C)C)[C@@]12CCCN1C/C(=C\F)C2. The van der Waals surface area contributed by atoms with Gasteiger partial charge in [-0.3, -0.25) is 4.90 Å². The van der Waals surface area contributed by atoms with Gasteiger partial charge in [-0.05, 0) is 43.7 Å². The van der Waals surface area contributed by atoms with Gasteiger partial charge in [-0.25, -0.2) is 4.39 Å². The molecule has 0 spiro atoms. The van der Waals surface area contributed by atoms with Crippen molar-refractivity contribution in [3.63, 3.8) is 0 Å². The Bertz CT molecular complexity index is 314. The lowest BCUT2D eigenvalue weighted by atomic mass is 9.84.